The minimum Gasteiger partial charge on any atom is -0.485 e. The lowest BCUT2D eigenvalue weighted by Crippen LogP contribution is -2.41. The van der Waals surface area contributed by atoms with Gasteiger partial charge in [-0.1, -0.05) is 35.3 Å². The molecule has 13 heteroatoms. The van der Waals surface area contributed by atoms with Crippen molar-refractivity contribution in [2.75, 3.05) is 44.3 Å². The van der Waals surface area contributed by atoms with E-state index in [1.165, 1.54) is 0 Å². The van der Waals surface area contributed by atoms with Crippen LogP contribution in [-0.4, -0.2) is 76.9 Å². The molecule has 7 heterocycles. The molecule has 56 heavy (non-hydrogen) atoms. The van der Waals surface area contributed by atoms with Gasteiger partial charge in [0.1, 0.15) is 11.6 Å². The number of halogens is 3. The minimum absolute atomic E-state index is 0.0238. The fourth-order valence-corrected chi connectivity index (χ4v) is 10.1. The molecule has 2 bridgehead atoms. The van der Waals surface area contributed by atoms with Crippen LogP contribution < -0.4 is 15.0 Å². The van der Waals surface area contributed by atoms with E-state index in [-0.39, 0.29) is 53.0 Å². The van der Waals surface area contributed by atoms with Gasteiger partial charge in [-0.15, -0.1) is 0 Å². The lowest BCUT2D eigenvalue weighted by molar-refractivity contribution is -0.133. The van der Waals surface area contributed by atoms with Gasteiger partial charge in [-0.2, -0.15) is 5.26 Å². The van der Waals surface area contributed by atoms with E-state index >= 15 is 4.39 Å². The van der Waals surface area contributed by atoms with Crippen LogP contribution in [0, 0.1) is 35.9 Å². The number of aryl methyl sites for hydroxylation is 2. The number of hydrogen-bond acceptors (Lipinski definition) is 8. The summed E-state index contributed by atoms with van der Waals surface area (Å²) < 4.78 is 32.2. The Bertz CT molecular complexity index is 2430. The first-order valence-corrected chi connectivity index (χ1v) is 20.5. The van der Waals surface area contributed by atoms with Crippen molar-refractivity contribution in [1.82, 2.24) is 24.8 Å². The second-order valence-corrected chi connectivity index (χ2v) is 16.7. The summed E-state index contributed by atoms with van der Waals surface area (Å²) >= 11 is 13.2. The normalized spacial score (nSPS) is 24.5. The van der Waals surface area contributed by atoms with Crippen LogP contribution in [0.2, 0.25) is 10.0 Å². The monoisotopic (exact) mass is 793 g/mol. The number of carbonyl (C=O) groups is 1. The van der Waals surface area contributed by atoms with Gasteiger partial charge in [0.2, 0.25) is 5.91 Å². The first kappa shape index (κ1) is 35.9. The molecule has 1 amide bonds. The summed E-state index contributed by atoms with van der Waals surface area (Å²) in [6, 6.07) is 15.6. The number of likely N-dealkylation sites (tertiary alicyclic amines) is 1. The maximum atomic E-state index is 17.3. The Balaban J connectivity index is 1.14. The Morgan fingerprint density at radius 1 is 1.12 bits per heavy atom. The Kier molecular flexibility index (Phi) is 9.09. The number of carbonyl (C=O) groups excluding carboxylic acids is 1. The van der Waals surface area contributed by atoms with Gasteiger partial charge < -0.3 is 29.2 Å². The molecule has 5 atom stereocenters. The standard InChI is InChI=1S/C43H42Cl2FN7O3/c1-23-29-20-34(33-19-27(22-52(33)43(54)24-9-10-24)56-35-8-4-12-48-42(35)51-13-15-55-16-14-51)53(40-26-18-32(40)49-21-26)41(29)30-17-25(5-3-11-47)36(38(46)39(30)50-23)28-6-2-7-31(44)37(28)45/h2,4,6-8,12,17,20,24,26-27,32-33,40,49H,3,5,9-10,13-16,18-19,21-22H2,1H3/t26-,27+,32-,33-,40+/m1/s1. The molecule has 288 valence electrons. The highest BCUT2D eigenvalue weighted by atomic mass is 35.5. The van der Waals surface area contributed by atoms with Gasteiger partial charge in [-0.25, -0.2) is 14.4 Å². The quantitative estimate of drug-likeness (QED) is 0.160. The van der Waals surface area contributed by atoms with E-state index in [0.29, 0.717) is 77.1 Å². The molecule has 10 nitrogen and oxygen atoms in total. The zero-order valence-corrected chi connectivity index (χ0v) is 32.6. The third-order valence-corrected chi connectivity index (χ3v) is 13.4. The number of nitriles is 1. The van der Waals surface area contributed by atoms with Crippen molar-refractivity contribution >= 4 is 56.7 Å². The number of amides is 1. The Labute approximate surface area is 334 Å². The zero-order valence-electron chi connectivity index (χ0n) is 31.1. The van der Waals surface area contributed by atoms with Crippen molar-refractivity contribution in [2.45, 2.75) is 69.7 Å². The van der Waals surface area contributed by atoms with Gasteiger partial charge in [-0.05, 0) is 74.4 Å². The molecule has 1 N–H and O–H groups in total. The highest BCUT2D eigenvalue weighted by Crippen LogP contribution is 2.51. The van der Waals surface area contributed by atoms with Gasteiger partial charge in [-0.3, -0.25) is 4.79 Å². The molecule has 5 aromatic rings. The number of benzene rings is 2. The van der Waals surface area contributed by atoms with Gasteiger partial charge in [0.05, 0.1) is 53.5 Å². The molecule has 6 aliphatic rings. The van der Waals surface area contributed by atoms with E-state index < -0.39 is 5.82 Å². The van der Waals surface area contributed by atoms with Crippen molar-refractivity contribution in [2.24, 2.45) is 11.8 Å². The molecule has 2 aromatic carbocycles. The fraction of sp³-hybridized carbons (Fsp3) is 0.442. The zero-order chi connectivity index (χ0) is 38.2. The summed E-state index contributed by atoms with van der Waals surface area (Å²) in [6.07, 6.45) is 5.52. The number of rotatable bonds is 9. The van der Waals surface area contributed by atoms with Crippen LogP contribution in [0.25, 0.3) is 32.9 Å². The number of fused-ring (bicyclic) bond motifs is 4. The molecule has 0 unspecified atom stereocenters. The summed E-state index contributed by atoms with van der Waals surface area (Å²) in [5.74, 6) is 1.61. The average molecular weight is 795 g/mol. The minimum atomic E-state index is -0.485. The van der Waals surface area contributed by atoms with Gasteiger partial charge in [0, 0.05) is 83.9 Å². The SMILES string of the molecule is Cc1nc2c(F)c(-c3cccc(Cl)c3Cl)c(CCC#N)cc2c2c1cc([C@H]1C[C@H](Oc3cccnc3N3CCOCC3)CN1C(=O)C1CC1)n2[C@H]1[C@H]2CN[C@@H]1C2. The van der Waals surface area contributed by atoms with Gasteiger partial charge >= 0.3 is 0 Å². The number of nitrogens with zero attached hydrogens (tertiary/aromatic N) is 6. The van der Waals surface area contributed by atoms with Crippen LogP contribution in [-0.2, 0) is 16.0 Å². The smallest absolute Gasteiger partial charge is 0.226 e. The summed E-state index contributed by atoms with van der Waals surface area (Å²) in [4.78, 5) is 28.1. The lowest BCUT2D eigenvalue weighted by atomic mass is 9.79. The van der Waals surface area contributed by atoms with Crippen molar-refractivity contribution in [3.63, 3.8) is 0 Å². The molecule has 11 rings (SSSR count). The summed E-state index contributed by atoms with van der Waals surface area (Å²) in [5.41, 5.74) is 4.36. The largest absolute Gasteiger partial charge is 0.485 e. The number of anilines is 1. The van der Waals surface area contributed by atoms with E-state index in [9.17, 15) is 10.1 Å². The first-order chi connectivity index (χ1) is 27.3. The number of pyridine rings is 2. The van der Waals surface area contributed by atoms with Crippen molar-refractivity contribution in [3.05, 3.63) is 81.5 Å². The highest BCUT2D eigenvalue weighted by molar-refractivity contribution is 6.43. The molecular formula is C43H42Cl2FN7O3. The second-order valence-electron chi connectivity index (χ2n) is 16.0. The molecule has 2 aliphatic carbocycles. The summed E-state index contributed by atoms with van der Waals surface area (Å²) in [7, 11) is 0. The van der Waals surface area contributed by atoms with Crippen LogP contribution >= 0.6 is 23.2 Å². The lowest BCUT2D eigenvalue weighted by Gasteiger charge is -2.39. The Morgan fingerprint density at radius 2 is 1.96 bits per heavy atom. The van der Waals surface area contributed by atoms with E-state index in [2.05, 4.69) is 31.8 Å². The maximum absolute atomic E-state index is 17.3. The molecule has 3 aromatic heterocycles. The van der Waals surface area contributed by atoms with Crippen molar-refractivity contribution < 1.29 is 18.7 Å². The van der Waals surface area contributed by atoms with Gasteiger partial charge in [0.15, 0.2) is 17.4 Å². The molecule has 0 spiro atoms. The third kappa shape index (κ3) is 5.91. The second kappa shape index (κ2) is 14.2. The number of ether oxygens (including phenoxy) is 2. The first-order valence-electron chi connectivity index (χ1n) is 19.8. The molecule has 0 radical (unpaired) electrons. The summed E-state index contributed by atoms with van der Waals surface area (Å²) in [6.45, 7) is 6.04. The van der Waals surface area contributed by atoms with Crippen molar-refractivity contribution in [1.29, 1.82) is 5.26 Å². The number of aromatic nitrogens is 3. The maximum Gasteiger partial charge on any atom is 0.226 e. The van der Waals surface area contributed by atoms with Crippen LogP contribution in [0.15, 0.2) is 48.7 Å². The predicted octanol–water partition coefficient (Wildman–Crippen LogP) is 7.96. The molecule has 6 fully saturated rings. The number of morpholine rings is 1. The highest BCUT2D eigenvalue weighted by Gasteiger charge is 2.51. The molecular weight excluding hydrogens is 752 g/mol. The van der Waals surface area contributed by atoms with E-state index in [1.807, 2.05) is 25.1 Å². The van der Waals surface area contributed by atoms with Gasteiger partial charge in [0.25, 0.3) is 0 Å². The summed E-state index contributed by atoms with van der Waals surface area (Å²) in [5, 5.41) is 15.6. The van der Waals surface area contributed by atoms with Crippen LogP contribution in [0.4, 0.5) is 10.2 Å². The Morgan fingerprint density at radius 3 is 2.71 bits per heavy atom. The van der Waals surface area contributed by atoms with Crippen LogP contribution in [0.1, 0.15) is 61.1 Å². The molecule has 4 aliphatic heterocycles. The predicted molar refractivity (Wildman–Crippen MR) is 214 cm³/mol. The van der Waals surface area contributed by atoms with Crippen LogP contribution in [0.5, 0.6) is 5.75 Å². The third-order valence-electron chi connectivity index (χ3n) is 12.6. The van der Waals surface area contributed by atoms with E-state index in [1.54, 1.807) is 24.4 Å². The number of nitrogens with one attached hydrogen (secondary N) is 1. The van der Waals surface area contributed by atoms with E-state index in [4.69, 9.17) is 42.6 Å². The van der Waals surface area contributed by atoms with Crippen molar-refractivity contribution in [3.8, 4) is 22.9 Å². The van der Waals surface area contributed by atoms with E-state index in [0.717, 1.165) is 61.3 Å². The fourth-order valence-electron chi connectivity index (χ4n) is 9.74. The Hall–Kier alpha value is -4.47. The van der Waals surface area contributed by atoms with Crippen LogP contribution in [0.3, 0.4) is 0 Å². The topological polar surface area (TPSA) is 109 Å². The average Bonchev–Trinajstić information content (AvgIpc) is 3.48. The molecule has 4 saturated heterocycles. The molecule has 2 saturated carbocycles. The number of hydrogen-bond donors (Lipinski definition) is 1.